The summed E-state index contributed by atoms with van der Waals surface area (Å²) in [5, 5.41) is 0. The number of aromatic nitrogens is 3. The largest absolute Gasteiger partial charge is 0.208 e. The Hall–Kier alpha value is -5.67. The highest BCUT2D eigenvalue weighted by Crippen LogP contribution is 2.69. The molecule has 3 heteroatoms. The zero-order valence-electron chi connectivity index (χ0n) is 29.1. The molecular formula is C49H39N3. The number of hydrogen-bond acceptors (Lipinski definition) is 3. The number of benzene rings is 6. The van der Waals surface area contributed by atoms with Gasteiger partial charge in [0.05, 0.1) is 0 Å². The van der Waals surface area contributed by atoms with E-state index in [0.29, 0.717) is 17.5 Å². The van der Waals surface area contributed by atoms with Crippen LogP contribution in [0.4, 0.5) is 0 Å². The minimum absolute atomic E-state index is 0.170. The molecule has 0 radical (unpaired) electrons. The molecular weight excluding hydrogens is 631 g/mol. The SMILES string of the molecule is c1ccc(-c2nc(-c3ccccc3)nc(-c3cccc(-c4cccc(-c5ccc6c(c5)C5(c7ccccc7-6)C6CC7CC(C6)CC5C7)c4)c3)n2)cc1. The maximum Gasteiger partial charge on any atom is 0.164 e. The average Bonchev–Trinajstić information content (AvgIpc) is 3.50. The Morgan fingerprint density at radius 3 is 1.38 bits per heavy atom. The topological polar surface area (TPSA) is 38.7 Å². The van der Waals surface area contributed by atoms with Gasteiger partial charge in [0.15, 0.2) is 17.5 Å². The summed E-state index contributed by atoms with van der Waals surface area (Å²) in [4.78, 5) is 14.9. The summed E-state index contributed by atoms with van der Waals surface area (Å²) in [5.41, 5.74) is 14.2. The van der Waals surface area contributed by atoms with Crippen LogP contribution < -0.4 is 0 Å². The second-order valence-electron chi connectivity index (χ2n) is 15.7. The predicted octanol–water partition coefficient (Wildman–Crippen LogP) is 11.9. The quantitative estimate of drug-likeness (QED) is 0.183. The van der Waals surface area contributed by atoms with E-state index in [-0.39, 0.29) is 5.41 Å². The van der Waals surface area contributed by atoms with Crippen molar-refractivity contribution >= 4 is 0 Å². The Morgan fingerprint density at radius 2 is 0.788 bits per heavy atom. The van der Waals surface area contributed by atoms with E-state index in [0.717, 1.165) is 45.9 Å². The Balaban J connectivity index is 0.987. The van der Waals surface area contributed by atoms with Crippen LogP contribution in [-0.2, 0) is 5.41 Å². The van der Waals surface area contributed by atoms with Crippen LogP contribution >= 0.6 is 0 Å². The summed E-state index contributed by atoms with van der Waals surface area (Å²) >= 11 is 0. The van der Waals surface area contributed by atoms with Crippen molar-refractivity contribution in [2.45, 2.75) is 37.5 Å². The molecule has 12 rings (SSSR count). The molecule has 5 aliphatic carbocycles. The van der Waals surface area contributed by atoms with Crippen molar-refractivity contribution in [2.24, 2.45) is 23.7 Å². The first-order valence-electron chi connectivity index (χ1n) is 19.0. The van der Waals surface area contributed by atoms with E-state index in [4.69, 9.17) is 15.0 Å². The van der Waals surface area contributed by atoms with Crippen LogP contribution in [0.2, 0.25) is 0 Å². The summed E-state index contributed by atoms with van der Waals surface area (Å²) in [7, 11) is 0. The second-order valence-corrected chi connectivity index (χ2v) is 15.7. The number of nitrogens with zero attached hydrogens (tertiary/aromatic N) is 3. The minimum atomic E-state index is 0.170. The van der Waals surface area contributed by atoms with Gasteiger partial charge < -0.3 is 0 Å². The molecule has 0 N–H and O–H groups in total. The van der Waals surface area contributed by atoms with Crippen LogP contribution in [0.3, 0.4) is 0 Å². The van der Waals surface area contributed by atoms with Crippen LogP contribution in [0.1, 0.15) is 43.2 Å². The molecule has 0 aliphatic heterocycles. The van der Waals surface area contributed by atoms with E-state index < -0.39 is 0 Å². The molecule has 4 bridgehead atoms. The van der Waals surface area contributed by atoms with Gasteiger partial charge in [-0.15, -0.1) is 0 Å². The Bertz CT molecular complexity index is 2400. The fraction of sp³-hybridized carbons (Fsp3) is 0.204. The first-order chi connectivity index (χ1) is 25.7. The van der Waals surface area contributed by atoms with Crippen molar-refractivity contribution in [1.29, 1.82) is 0 Å². The van der Waals surface area contributed by atoms with Gasteiger partial charge >= 0.3 is 0 Å². The molecule has 1 aromatic heterocycles. The van der Waals surface area contributed by atoms with E-state index in [1.165, 1.54) is 59.9 Å². The van der Waals surface area contributed by atoms with Gasteiger partial charge in [0.1, 0.15) is 0 Å². The zero-order valence-corrected chi connectivity index (χ0v) is 29.1. The van der Waals surface area contributed by atoms with Gasteiger partial charge in [-0.1, -0.05) is 133 Å². The second kappa shape index (κ2) is 11.7. The van der Waals surface area contributed by atoms with Crippen molar-refractivity contribution in [2.75, 3.05) is 0 Å². The molecule has 7 aromatic rings. The van der Waals surface area contributed by atoms with Crippen LogP contribution in [-0.4, -0.2) is 15.0 Å². The fourth-order valence-corrected chi connectivity index (χ4v) is 11.0. The van der Waals surface area contributed by atoms with Gasteiger partial charge in [-0.3, -0.25) is 0 Å². The molecule has 4 fully saturated rings. The summed E-state index contributed by atoms with van der Waals surface area (Å²) in [6.45, 7) is 0. The predicted molar refractivity (Wildman–Crippen MR) is 210 cm³/mol. The molecule has 1 spiro atoms. The summed E-state index contributed by atoms with van der Waals surface area (Å²) in [5.74, 6) is 5.41. The summed E-state index contributed by atoms with van der Waals surface area (Å²) in [6.07, 6.45) is 7.08. The number of rotatable bonds is 5. The summed E-state index contributed by atoms with van der Waals surface area (Å²) < 4.78 is 0. The van der Waals surface area contributed by atoms with E-state index >= 15 is 0 Å². The van der Waals surface area contributed by atoms with E-state index in [1.54, 1.807) is 11.1 Å². The zero-order chi connectivity index (χ0) is 34.2. The Labute approximate surface area is 305 Å². The van der Waals surface area contributed by atoms with Crippen molar-refractivity contribution in [3.63, 3.8) is 0 Å². The van der Waals surface area contributed by atoms with Crippen LogP contribution in [0.25, 0.3) is 67.5 Å². The Morgan fingerprint density at radius 1 is 0.346 bits per heavy atom. The minimum Gasteiger partial charge on any atom is -0.208 e. The van der Waals surface area contributed by atoms with Gasteiger partial charge in [0.2, 0.25) is 0 Å². The van der Waals surface area contributed by atoms with Gasteiger partial charge in [-0.2, -0.15) is 0 Å². The number of hydrogen-bond donors (Lipinski definition) is 0. The number of fused-ring (bicyclic) bond motifs is 3. The standard InChI is InChI=1S/C49H39N3/c1-3-11-33(12-4-1)46-50-47(34-13-5-2-6-14-34)52-48(51-46)39-18-10-17-37(29-39)35-15-9-16-36(28-35)38-21-22-43-42-19-7-8-20-44(42)49(45(43)30-38)40-24-31-23-32(26-40)27-41(49)25-31/h1-22,28-32,40-41H,23-27H2. The van der Waals surface area contributed by atoms with E-state index in [2.05, 4.69) is 115 Å². The van der Waals surface area contributed by atoms with Crippen LogP contribution in [0, 0.1) is 23.7 Å². The average molecular weight is 670 g/mol. The molecule has 1 heterocycles. The summed E-state index contributed by atoms with van der Waals surface area (Å²) in [6, 6.07) is 54.9. The smallest absolute Gasteiger partial charge is 0.164 e. The van der Waals surface area contributed by atoms with Crippen molar-refractivity contribution in [3.8, 4) is 67.5 Å². The van der Waals surface area contributed by atoms with Crippen LogP contribution in [0.5, 0.6) is 0 Å². The lowest BCUT2D eigenvalue weighted by Gasteiger charge is -2.61. The first kappa shape index (κ1) is 30.0. The fourth-order valence-electron chi connectivity index (χ4n) is 11.0. The molecule has 0 unspecified atom stereocenters. The molecule has 5 aliphatic rings. The van der Waals surface area contributed by atoms with Crippen molar-refractivity contribution in [1.82, 2.24) is 15.0 Å². The van der Waals surface area contributed by atoms with Crippen molar-refractivity contribution < 1.29 is 0 Å². The van der Waals surface area contributed by atoms with Gasteiger partial charge in [-0.05, 0) is 118 Å². The molecule has 52 heavy (non-hydrogen) atoms. The lowest BCUT2D eigenvalue weighted by molar-refractivity contribution is -0.0399. The molecule has 0 amide bonds. The van der Waals surface area contributed by atoms with Crippen LogP contribution in [0.15, 0.2) is 152 Å². The highest BCUT2D eigenvalue weighted by atomic mass is 15.0. The first-order valence-corrected chi connectivity index (χ1v) is 19.0. The van der Waals surface area contributed by atoms with Crippen molar-refractivity contribution in [3.05, 3.63) is 163 Å². The third-order valence-electron chi connectivity index (χ3n) is 12.9. The molecule has 0 atom stereocenters. The lowest BCUT2D eigenvalue weighted by atomic mass is 9.43. The monoisotopic (exact) mass is 669 g/mol. The normalized spacial score (nSPS) is 23.5. The Kier molecular flexibility index (Phi) is 6.74. The third-order valence-corrected chi connectivity index (χ3v) is 12.9. The third kappa shape index (κ3) is 4.61. The van der Waals surface area contributed by atoms with E-state index in [9.17, 15) is 0 Å². The van der Waals surface area contributed by atoms with E-state index in [1.807, 2.05) is 36.4 Å². The van der Waals surface area contributed by atoms with Gasteiger partial charge in [0, 0.05) is 22.1 Å². The molecule has 0 saturated heterocycles. The maximum atomic E-state index is 5.00. The molecule has 3 nitrogen and oxygen atoms in total. The highest BCUT2D eigenvalue weighted by molar-refractivity contribution is 5.85. The maximum absolute atomic E-state index is 5.00. The highest BCUT2D eigenvalue weighted by Gasteiger charge is 2.61. The van der Waals surface area contributed by atoms with Gasteiger partial charge in [-0.25, -0.2) is 15.0 Å². The van der Waals surface area contributed by atoms with Gasteiger partial charge in [0.25, 0.3) is 0 Å². The lowest BCUT2D eigenvalue weighted by Crippen LogP contribution is -2.55. The molecule has 6 aromatic carbocycles. The molecule has 4 saturated carbocycles. The molecule has 250 valence electrons.